The van der Waals surface area contributed by atoms with Crippen molar-refractivity contribution in [1.29, 1.82) is 0 Å². The van der Waals surface area contributed by atoms with E-state index >= 15 is 0 Å². The van der Waals surface area contributed by atoms with Crippen molar-refractivity contribution in [3.8, 4) is 5.69 Å². The average molecular weight is 348 g/mol. The molecular formula is C19H16N4OS. The second-order valence-electron chi connectivity index (χ2n) is 5.55. The van der Waals surface area contributed by atoms with Crippen molar-refractivity contribution in [2.45, 2.75) is 13.3 Å². The molecule has 0 aliphatic rings. The summed E-state index contributed by atoms with van der Waals surface area (Å²) in [5.74, 6) is -0.267. The summed E-state index contributed by atoms with van der Waals surface area (Å²) < 4.78 is 1.97. The van der Waals surface area contributed by atoms with E-state index in [-0.39, 0.29) is 5.91 Å². The molecule has 0 fully saturated rings. The van der Waals surface area contributed by atoms with Crippen molar-refractivity contribution in [2.24, 2.45) is 4.99 Å². The van der Waals surface area contributed by atoms with Crippen molar-refractivity contribution in [3.05, 3.63) is 76.3 Å². The van der Waals surface area contributed by atoms with E-state index in [0.717, 1.165) is 17.5 Å². The highest BCUT2D eigenvalue weighted by molar-refractivity contribution is 7.07. The monoisotopic (exact) mass is 348 g/mol. The number of para-hydroxylation sites is 1. The number of aromatic nitrogens is 3. The summed E-state index contributed by atoms with van der Waals surface area (Å²) in [5, 5.41) is 2.73. The smallest absolute Gasteiger partial charge is 0.280 e. The predicted molar refractivity (Wildman–Crippen MR) is 99.0 cm³/mol. The normalized spacial score (nSPS) is 12.0. The summed E-state index contributed by atoms with van der Waals surface area (Å²) in [7, 11) is 0. The zero-order chi connectivity index (χ0) is 17.2. The molecule has 124 valence electrons. The van der Waals surface area contributed by atoms with Crippen LogP contribution in [0.5, 0.6) is 0 Å². The van der Waals surface area contributed by atoms with Crippen LogP contribution in [0.3, 0.4) is 0 Å². The van der Waals surface area contributed by atoms with E-state index in [4.69, 9.17) is 0 Å². The number of rotatable bonds is 3. The topological polar surface area (TPSA) is 63.0 Å². The largest absolute Gasteiger partial charge is 0.346 e. The van der Waals surface area contributed by atoms with Crippen LogP contribution in [0.2, 0.25) is 0 Å². The number of carbonyl (C=O) groups excluding carboxylic acids is 1. The molecule has 4 aromatic rings. The van der Waals surface area contributed by atoms with E-state index in [9.17, 15) is 4.79 Å². The number of H-pyrrole nitrogens is 1. The molecule has 6 heteroatoms. The number of amides is 1. The second-order valence-corrected chi connectivity index (χ2v) is 6.43. The van der Waals surface area contributed by atoms with Gasteiger partial charge in [0.2, 0.25) is 0 Å². The van der Waals surface area contributed by atoms with Crippen LogP contribution in [0.4, 0.5) is 0 Å². The van der Waals surface area contributed by atoms with Crippen molar-refractivity contribution >= 4 is 28.3 Å². The minimum Gasteiger partial charge on any atom is -0.346 e. The third kappa shape index (κ3) is 2.81. The molecule has 0 aliphatic carbocycles. The Hall–Kier alpha value is -2.99. The maximum Gasteiger partial charge on any atom is 0.280 e. The molecular weight excluding hydrogens is 332 g/mol. The molecule has 0 unspecified atom stereocenters. The van der Waals surface area contributed by atoms with Gasteiger partial charge < -0.3 is 4.98 Å². The van der Waals surface area contributed by atoms with E-state index in [0.29, 0.717) is 16.0 Å². The molecule has 0 saturated heterocycles. The predicted octanol–water partition coefficient (Wildman–Crippen LogP) is 3.72. The first-order valence-corrected chi connectivity index (χ1v) is 8.91. The Morgan fingerprint density at radius 1 is 1.28 bits per heavy atom. The van der Waals surface area contributed by atoms with Crippen LogP contribution in [0.1, 0.15) is 22.8 Å². The van der Waals surface area contributed by atoms with E-state index in [1.807, 2.05) is 40.4 Å². The molecule has 5 nitrogen and oxygen atoms in total. The van der Waals surface area contributed by atoms with Gasteiger partial charge in [-0.05, 0) is 30.2 Å². The number of carbonyl (C=O) groups is 1. The molecule has 0 spiro atoms. The summed E-state index contributed by atoms with van der Waals surface area (Å²) in [4.78, 5) is 25.0. The van der Waals surface area contributed by atoms with Gasteiger partial charge in [-0.2, -0.15) is 4.99 Å². The van der Waals surface area contributed by atoms with Gasteiger partial charge in [-0.1, -0.05) is 25.1 Å². The van der Waals surface area contributed by atoms with Crippen molar-refractivity contribution in [3.63, 3.8) is 0 Å². The second kappa shape index (κ2) is 6.49. The van der Waals surface area contributed by atoms with Gasteiger partial charge in [0, 0.05) is 29.4 Å². The highest BCUT2D eigenvalue weighted by Gasteiger charge is 2.11. The molecule has 0 aliphatic heterocycles. The summed E-state index contributed by atoms with van der Waals surface area (Å²) in [6, 6.07) is 11.7. The maximum atomic E-state index is 12.7. The van der Waals surface area contributed by atoms with Crippen LogP contribution < -0.4 is 4.80 Å². The average Bonchev–Trinajstić information content (AvgIpc) is 3.30. The number of hydrogen-bond acceptors (Lipinski definition) is 3. The van der Waals surface area contributed by atoms with Crippen molar-refractivity contribution in [2.75, 3.05) is 0 Å². The number of aryl methyl sites for hydroxylation is 1. The lowest BCUT2D eigenvalue weighted by Gasteiger charge is -2.08. The first kappa shape index (κ1) is 15.5. The highest BCUT2D eigenvalue weighted by atomic mass is 32.1. The quantitative estimate of drug-likeness (QED) is 0.613. The van der Waals surface area contributed by atoms with Gasteiger partial charge in [0.15, 0.2) is 4.80 Å². The number of fused-ring (bicyclic) bond motifs is 1. The Bertz CT molecular complexity index is 1120. The molecule has 0 radical (unpaired) electrons. The lowest BCUT2D eigenvalue weighted by atomic mass is 10.1. The van der Waals surface area contributed by atoms with Gasteiger partial charge in [0.1, 0.15) is 5.65 Å². The number of nitrogens with one attached hydrogen (secondary N) is 1. The lowest BCUT2D eigenvalue weighted by Crippen LogP contribution is -2.16. The molecule has 25 heavy (non-hydrogen) atoms. The van der Waals surface area contributed by atoms with Gasteiger partial charge >= 0.3 is 0 Å². The van der Waals surface area contributed by atoms with Gasteiger partial charge in [-0.25, -0.2) is 4.98 Å². The van der Waals surface area contributed by atoms with Crippen molar-refractivity contribution in [1.82, 2.24) is 14.5 Å². The Labute approximate surface area is 148 Å². The zero-order valence-corrected chi connectivity index (χ0v) is 14.5. The van der Waals surface area contributed by atoms with Crippen LogP contribution >= 0.6 is 11.3 Å². The zero-order valence-electron chi connectivity index (χ0n) is 13.6. The summed E-state index contributed by atoms with van der Waals surface area (Å²) in [5.41, 5.74) is 3.51. The molecule has 1 amide bonds. The minimum absolute atomic E-state index is 0.267. The minimum atomic E-state index is -0.267. The molecule has 3 heterocycles. The number of benzene rings is 1. The van der Waals surface area contributed by atoms with E-state index in [1.54, 1.807) is 18.5 Å². The molecule has 0 atom stereocenters. The Morgan fingerprint density at radius 2 is 2.16 bits per heavy atom. The van der Waals surface area contributed by atoms with Crippen LogP contribution in [-0.4, -0.2) is 20.4 Å². The molecule has 1 N–H and O–H groups in total. The summed E-state index contributed by atoms with van der Waals surface area (Å²) in [6.07, 6.45) is 6.26. The number of nitrogens with zero attached hydrogens (tertiary/aromatic N) is 3. The first-order valence-electron chi connectivity index (χ1n) is 8.03. The SMILES string of the molecule is CCc1ccccc1-n1ccs/c1=N\C(=O)c1ccnc2[nH]ccc12. The molecule has 3 aromatic heterocycles. The van der Waals surface area contributed by atoms with Gasteiger partial charge in [-0.3, -0.25) is 9.36 Å². The number of pyridine rings is 1. The summed E-state index contributed by atoms with van der Waals surface area (Å²) in [6.45, 7) is 2.12. The standard InChI is InChI=1S/C19H16N4OS/c1-2-13-5-3-4-6-16(13)23-11-12-25-19(23)22-18(24)15-8-10-21-17-14(15)7-9-20-17/h3-12H,2H2,1H3,(H,20,21)/b22-19-. The lowest BCUT2D eigenvalue weighted by molar-refractivity contribution is 0.0999. The molecule has 0 saturated carbocycles. The fourth-order valence-electron chi connectivity index (χ4n) is 2.88. The van der Waals surface area contributed by atoms with Crippen LogP contribution in [0, 0.1) is 0 Å². The molecule has 4 rings (SSSR count). The van der Waals surface area contributed by atoms with Crippen LogP contribution in [0.25, 0.3) is 16.7 Å². The Balaban J connectivity index is 1.82. The first-order chi connectivity index (χ1) is 12.3. The number of aromatic amines is 1. The Kier molecular flexibility index (Phi) is 4.03. The third-order valence-electron chi connectivity index (χ3n) is 4.11. The Morgan fingerprint density at radius 3 is 3.04 bits per heavy atom. The van der Waals surface area contributed by atoms with Crippen LogP contribution in [-0.2, 0) is 6.42 Å². The highest BCUT2D eigenvalue weighted by Crippen LogP contribution is 2.17. The van der Waals surface area contributed by atoms with Gasteiger partial charge in [-0.15, -0.1) is 11.3 Å². The van der Waals surface area contributed by atoms with E-state index < -0.39 is 0 Å². The van der Waals surface area contributed by atoms with Crippen LogP contribution in [0.15, 0.2) is 65.4 Å². The number of hydrogen-bond donors (Lipinski definition) is 1. The molecule has 1 aromatic carbocycles. The fourth-order valence-corrected chi connectivity index (χ4v) is 3.59. The van der Waals surface area contributed by atoms with Gasteiger partial charge in [0.05, 0.1) is 11.3 Å². The maximum absolute atomic E-state index is 12.7. The molecule has 0 bridgehead atoms. The fraction of sp³-hybridized carbons (Fsp3) is 0.105. The third-order valence-corrected chi connectivity index (χ3v) is 4.87. The van der Waals surface area contributed by atoms with E-state index in [1.165, 1.54) is 16.9 Å². The van der Waals surface area contributed by atoms with Gasteiger partial charge in [0.25, 0.3) is 5.91 Å². The van der Waals surface area contributed by atoms with E-state index in [2.05, 4.69) is 28.0 Å². The summed E-state index contributed by atoms with van der Waals surface area (Å²) >= 11 is 1.45. The van der Waals surface area contributed by atoms with Crippen molar-refractivity contribution < 1.29 is 4.79 Å². The number of thiazole rings is 1.